The molecule has 0 amide bonds. The van der Waals surface area contributed by atoms with E-state index in [1.807, 2.05) is 18.2 Å². The van der Waals surface area contributed by atoms with E-state index in [4.69, 9.17) is 9.47 Å². The maximum atomic E-state index is 12.1. The maximum Gasteiger partial charge on any atom is 0.185 e. The molecular formula is C17H15BrO3. The molecule has 0 aliphatic heterocycles. The Hall–Kier alpha value is -2.07. The first kappa shape index (κ1) is 15.3. The number of benzene rings is 2. The fraction of sp³-hybridized carbons (Fsp3) is 0.118. The second-order valence-electron chi connectivity index (χ2n) is 4.32. The van der Waals surface area contributed by atoms with E-state index >= 15 is 0 Å². The van der Waals surface area contributed by atoms with E-state index in [0.717, 1.165) is 21.5 Å². The zero-order valence-electron chi connectivity index (χ0n) is 11.8. The monoisotopic (exact) mass is 346 g/mol. The molecule has 108 valence electrons. The van der Waals surface area contributed by atoms with Gasteiger partial charge in [0.2, 0.25) is 0 Å². The predicted molar refractivity (Wildman–Crippen MR) is 87.1 cm³/mol. The molecule has 0 heterocycles. The number of ketones is 1. The number of ether oxygens (including phenoxy) is 2. The van der Waals surface area contributed by atoms with E-state index in [2.05, 4.69) is 15.9 Å². The largest absolute Gasteiger partial charge is 0.497 e. The van der Waals surface area contributed by atoms with Crippen LogP contribution in [0.25, 0.3) is 6.08 Å². The van der Waals surface area contributed by atoms with Crippen molar-refractivity contribution in [1.82, 2.24) is 0 Å². The van der Waals surface area contributed by atoms with Crippen LogP contribution in [0.3, 0.4) is 0 Å². The van der Waals surface area contributed by atoms with Gasteiger partial charge in [-0.05, 0) is 64.0 Å². The average molecular weight is 347 g/mol. The third kappa shape index (κ3) is 3.95. The van der Waals surface area contributed by atoms with Gasteiger partial charge in [0.15, 0.2) is 5.78 Å². The number of carbonyl (C=O) groups excluding carboxylic acids is 1. The molecule has 4 heteroatoms. The highest BCUT2D eigenvalue weighted by molar-refractivity contribution is 9.10. The molecule has 0 saturated heterocycles. The van der Waals surface area contributed by atoms with Crippen molar-refractivity contribution in [2.45, 2.75) is 0 Å². The van der Waals surface area contributed by atoms with Gasteiger partial charge in [0.05, 0.1) is 18.7 Å². The SMILES string of the molecule is COc1ccc(C(=O)C=Cc2ccc(OC)c(Br)c2)cc1. The molecule has 0 saturated carbocycles. The number of hydrogen-bond donors (Lipinski definition) is 0. The van der Waals surface area contributed by atoms with Crippen LogP contribution in [0.2, 0.25) is 0 Å². The molecule has 2 rings (SSSR count). The second kappa shape index (κ2) is 7.09. The van der Waals surface area contributed by atoms with Crippen LogP contribution in [0.15, 0.2) is 53.0 Å². The van der Waals surface area contributed by atoms with Gasteiger partial charge in [-0.1, -0.05) is 12.1 Å². The summed E-state index contributed by atoms with van der Waals surface area (Å²) in [6, 6.07) is 12.7. The van der Waals surface area contributed by atoms with Gasteiger partial charge in [0.25, 0.3) is 0 Å². The standard InChI is InChI=1S/C17H15BrO3/c1-20-14-7-5-13(6-8-14)16(19)9-3-12-4-10-17(21-2)15(18)11-12/h3-11H,1-2H3. The van der Waals surface area contributed by atoms with E-state index in [9.17, 15) is 4.79 Å². The van der Waals surface area contributed by atoms with Crippen LogP contribution in [-0.4, -0.2) is 20.0 Å². The summed E-state index contributed by atoms with van der Waals surface area (Å²) in [5.74, 6) is 1.44. The van der Waals surface area contributed by atoms with Gasteiger partial charge in [-0.25, -0.2) is 0 Å². The molecule has 0 N–H and O–H groups in total. The van der Waals surface area contributed by atoms with Gasteiger partial charge in [0, 0.05) is 5.56 Å². The minimum atomic E-state index is -0.0513. The lowest BCUT2D eigenvalue weighted by Crippen LogP contribution is -1.94. The van der Waals surface area contributed by atoms with E-state index in [1.165, 1.54) is 0 Å². The summed E-state index contributed by atoms with van der Waals surface area (Å²) in [7, 11) is 3.21. The molecule has 2 aromatic rings. The Morgan fingerprint density at radius 3 is 2.33 bits per heavy atom. The van der Waals surface area contributed by atoms with Crippen LogP contribution in [0.4, 0.5) is 0 Å². The zero-order chi connectivity index (χ0) is 15.2. The summed E-state index contributed by atoms with van der Waals surface area (Å²) >= 11 is 3.42. The zero-order valence-corrected chi connectivity index (χ0v) is 13.4. The number of methoxy groups -OCH3 is 2. The molecule has 0 aliphatic carbocycles. The normalized spacial score (nSPS) is 10.6. The van der Waals surface area contributed by atoms with Crippen molar-refractivity contribution in [3.63, 3.8) is 0 Å². The molecular weight excluding hydrogens is 332 g/mol. The fourth-order valence-corrected chi connectivity index (χ4v) is 2.37. The minimum Gasteiger partial charge on any atom is -0.497 e. The molecule has 0 aliphatic rings. The van der Waals surface area contributed by atoms with Crippen molar-refractivity contribution in [1.29, 1.82) is 0 Å². The Morgan fingerprint density at radius 1 is 1.05 bits per heavy atom. The Kier molecular flexibility index (Phi) is 5.17. The molecule has 0 spiro atoms. The summed E-state index contributed by atoms with van der Waals surface area (Å²) in [4.78, 5) is 12.1. The first-order valence-corrected chi connectivity index (χ1v) is 7.13. The van der Waals surface area contributed by atoms with Gasteiger partial charge >= 0.3 is 0 Å². The Labute approximate surface area is 132 Å². The summed E-state index contributed by atoms with van der Waals surface area (Å²) in [5.41, 5.74) is 1.55. The lowest BCUT2D eigenvalue weighted by molar-refractivity contribution is 0.104. The van der Waals surface area contributed by atoms with Crippen LogP contribution < -0.4 is 9.47 Å². The van der Waals surface area contributed by atoms with Crippen molar-refractivity contribution in [3.8, 4) is 11.5 Å². The quantitative estimate of drug-likeness (QED) is 0.595. The van der Waals surface area contributed by atoms with E-state index in [0.29, 0.717) is 5.56 Å². The summed E-state index contributed by atoms with van der Waals surface area (Å²) in [6.45, 7) is 0. The van der Waals surface area contributed by atoms with Gasteiger partial charge in [-0.2, -0.15) is 0 Å². The molecule has 0 atom stereocenters. The smallest absolute Gasteiger partial charge is 0.185 e. The highest BCUT2D eigenvalue weighted by atomic mass is 79.9. The third-order valence-electron chi connectivity index (χ3n) is 2.98. The van der Waals surface area contributed by atoms with Crippen molar-refractivity contribution in [3.05, 3.63) is 64.1 Å². The maximum absolute atomic E-state index is 12.1. The molecule has 0 unspecified atom stereocenters. The van der Waals surface area contributed by atoms with Gasteiger partial charge in [-0.15, -0.1) is 0 Å². The highest BCUT2D eigenvalue weighted by Crippen LogP contribution is 2.26. The molecule has 2 aromatic carbocycles. The van der Waals surface area contributed by atoms with Crippen molar-refractivity contribution < 1.29 is 14.3 Å². The molecule has 0 radical (unpaired) electrons. The predicted octanol–water partition coefficient (Wildman–Crippen LogP) is 4.36. The molecule has 0 fully saturated rings. The summed E-state index contributed by atoms with van der Waals surface area (Å²) in [6.07, 6.45) is 3.33. The number of allylic oxidation sites excluding steroid dienone is 1. The Balaban J connectivity index is 2.12. The van der Waals surface area contributed by atoms with Crippen molar-refractivity contribution >= 4 is 27.8 Å². The first-order chi connectivity index (χ1) is 10.1. The Morgan fingerprint density at radius 2 is 1.76 bits per heavy atom. The summed E-state index contributed by atoms with van der Waals surface area (Å²) in [5, 5.41) is 0. The number of carbonyl (C=O) groups is 1. The van der Waals surface area contributed by atoms with Crippen LogP contribution in [0.5, 0.6) is 11.5 Å². The van der Waals surface area contributed by atoms with Crippen LogP contribution in [0, 0.1) is 0 Å². The molecule has 21 heavy (non-hydrogen) atoms. The topological polar surface area (TPSA) is 35.5 Å². The number of hydrogen-bond acceptors (Lipinski definition) is 3. The molecule has 0 bridgehead atoms. The van der Waals surface area contributed by atoms with Gasteiger partial charge < -0.3 is 9.47 Å². The van der Waals surface area contributed by atoms with Crippen molar-refractivity contribution in [2.75, 3.05) is 14.2 Å². The third-order valence-corrected chi connectivity index (χ3v) is 3.60. The van der Waals surface area contributed by atoms with Crippen LogP contribution >= 0.6 is 15.9 Å². The summed E-state index contributed by atoms with van der Waals surface area (Å²) < 4.78 is 11.1. The van der Waals surface area contributed by atoms with Gasteiger partial charge in [-0.3, -0.25) is 4.79 Å². The van der Waals surface area contributed by atoms with E-state index < -0.39 is 0 Å². The lowest BCUT2D eigenvalue weighted by Gasteiger charge is -2.03. The van der Waals surface area contributed by atoms with Crippen LogP contribution in [-0.2, 0) is 0 Å². The molecule has 0 aromatic heterocycles. The van der Waals surface area contributed by atoms with Crippen molar-refractivity contribution in [2.24, 2.45) is 0 Å². The van der Waals surface area contributed by atoms with Gasteiger partial charge in [0.1, 0.15) is 11.5 Å². The van der Waals surface area contributed by atoms with Crippen LogP contribution in [0.1, 0.15) is 15.9 Å². The first-order valence-electron chi connectivity index (χ1n) is 6.34. The lowest BCUT2D eigenvalue weighted by atomic mass is 10.1. The van der Waals surface area contributed by atoms with E-state index in [-0.39, 0.29) is 5.78 Å². The average Bonchev–Trinajstić information content (AvgIpc) is 2.52. The van der Waals surface area contributed by atoms with E-state index in [1.54, 1.807) is 50.6 Å². The molecule has 3 nitrogen and oxygen atoms in total. The fourth-order valence-electron chi connectivity index (χ4n) is 1.81. The number of halogens is 1. The minimum absolute atomic E-state index is 0.0513. The number of rotatable bonds is 5. The Bertz CT molecular complexity index is 660. The second-order valence-corrected chi connectivity index (χ2v) is 5.17. The highest BCUT2D eigenvalue weighted by Gasteiger charge is 2.03.